The first-order valence-corrected chi connectivity index (χ1v) is 9.63. The fourth-order valence-electron chi connectivity index (χ4n) is 2.94. The van der Waals surface area contributed by atoms with Crippen molar-refractivity contribution in [2.75, 3.05) is 32.1 Å². The van der Waals surface area contributed by atoms with Crippen molar-refractivity contribution in [2.45, 2.75) is 6.92 Å². The molecule has 0 saturated carbocycles. The van der Waals surface area contributed by atoms with Crippen molar-refractivity contribution in [1.29, 1.82) is 0 Å². The van der Waals surface area contributed by atoms with Gasteiger partial charge in [-0.2, -0.15) is 5.10 Å². The number of hydrazone groups is 1. The topological polar surface area (TPSA) is 81.2 Å². The second-order valence-corrected chi connectivity index (χ2v) is 6.62. The van der Waals surface area contributed by atoms with Gasteiger partial charge in [0.05, 0.1) is 32.7 Å². The summed E-state index contributed by atoms with van der Waals surface area (Å²) in [6.07, 6.45) is 0. The minimum atomic E-state index is -0.289. The lowest BCUT2D eigenvalue weighted by Crippen LogP contribution is -2.12. The zero-order valence-corrected chi connectivity index (χ0v) is 17.9. The number of hydrogen-bond donors (Lipinski definition) is 2. The highest BCUT2D eigenvalue weighted by Crippen LogP contribution is 2.38. The molecule has 0 aliphatic heterocycles. The molecule has 3 rings (SSSR count). The second-order valence-electron chi connectivity index (χ2n) is 6.62. The van der Waals surface area contributed by atoms with E-state index in [0.29, 0.717) is 28.5 Å². The van der Waals surface area contributed by atoms with Crippen molar-refractivity contribution in [2.24, 2.45) is 5.10 Å². The summed E-state index contributed by atoms with van der Waals surface area (Å²) in [6, 6.07) is 20.4. The van der Waals surface area contributed by atoms with Crippen molar-refractivity contribution < 1.29 is 19.0 Å². The molecular weight excluding hydrogens is 394 g/mol. The van der Waals surface area contributed by atoms with Gasteiger partial charge in [-0.3, -0.25) is 10.2 Å². The molecule has 0 fully saturated rings. The number of amides is 1. The number of methoxy groups -OCH3 is 3. The van der Waals surface area contributed by atoms with Gasteiger partial charge in [0.25, 0.3) is 5.91 Å². The van der Waals surface area contributed by atoms with Gasteiger partial charge in [0.2, 0.25) is 5.75 Å². The van der Waals surface area contributed by atoms with E-state index in [9.17, 15) is 4.79 Å². The number of carbonyl (C=O) groups excluding carboxylic acids is 1. The SMILES string of the molecule is COc1cc(C(=O)Nc2ccc(/C(C)=N/Nc3ccccc3)cc2)cc(OC)c1OC. The van der Waals surface area contributed by atoms with Crippen molar-refractivity contribution in [3.8, 4) is 17.2 Å². The standard InChI is InChI=1S/C24H25N3O4/c1-16(26-27-20-8-6-5-7-9-20)17-10-12-19(13-11-17)25-24(28)18-14-21(29-2)23(31-4)22(15-18)30-3/h5-15,27H,1-4H3,(H,25,28)/b26-16+. The first-order chi connectivity index (χ1) is 15.0. The van der Waals surface area contributed by atoms with Crippen LogP contribution in [-0.2, 0) is 0 Å². The molecule has 2 N–H and O–H groups in total. The van der Waals surface area contributed by atoms with E-state index in [1.165, 1.54) is 21.3 Å². The highest BCUT2D eigenvalue weighted by Gasteiger charge is 2.17. The van der Waals surface area contributed by atoms with Crippen LogP contribution in [0, 0.1) is 0 Å². The smallest absolute Gasteiger partial charge is 0.255 e. The third-order valence-electron chi connectivity index (χ3n) is 4.61. The number of nitrogens with one attached hydrogen (secondary N) is 2. The van der Waals surface area contributed by atoms with E-state index in [-0.39, 0.29) is 5.91 Å². The van der Waals surface area contributed by atoms with Gasteiger partial charge >= 0.3 is 0 Å². The van der Waals surface area contributed by atoms with Crippen LogP contribution < -0.4 is 25.0 Å². The minimum absolute atomic E-state index is 0.289. The van der Waals surface area contributed by atoms with Crippen molar-refractivity contribution >= 4 is 23.0 Å². The summed E-state index contributed by atoms with van der Waals surface area (Å²) < 4.78 is 15.9. The van der Waals surface area contributed by atoms with E-state index in [1.807, 2.05) is 61.5 Å². The van der Waals surface area contributed by atoms with Crippen LogP contribution in [-0.4, -0.2) is 32.9 Å². The fraction of sp³-hybridized carbons (Fsp3) is 0.167. The van der Waals surface area contributed by atoms with Gasteiger partial charge in [0, 0.05) is 11.3 Å². The molecule has 0 aromatic heterocycles. The molecule has 0 aliphatic rings. The largest absolute Gasteiger partial charge is 0.493 e. The molecule has 0 aliphatic carbocycles. The van der Waals surface area contributed by atoms with E-state index in [2.05, 4.69) is 15.8 Å². The van der Waals surface area contributed by atoms with E-state index < -0.39 is 0 Å². The lowest BCUT2D eigenvalue weighted by Gasteiger charge is -2.14. The first-order valence-electron chi connectivity index (χ1n) is 9.63. The minimum Gasteiger partial charge on any atom is -0.493 e. The predicted octanol–water partition coefficient (Wildman–Crippen LogP) is 4.80. The molecule has 0 saturated heterocycles. The Morgan fingerprint density at radius 3 is 1.94 bits per heavy atom. The zero-order chi connectivity index (χ0) is 22.2. The number of hydrogen-bond acceptors (Lipinski definition) is 6. The summed E-state index contributed by atoms with van der Waals surface area (Å²) >= 11 is 0. The molecule has 0 unspecified atom stereocenters. The molecular formula is C24H25N3O4. The van der Waals surface area contributed by atoms with Crippen molar-refractivity contribution in [3.05, 3.63) is 77.9 Å². The summed E-state index contributed by atoms with van der Waals surface area (Å²) in [5, 5.41) is 7.27. The van der Waals surface area contributed by atoms with E-state index in [4.69, 9.17) is 14.2 Å². The first kappa shape index (κ1) is 21.7. The third kappa shape index (κ3) is 5.33. The molecule has 0 bridgehead atoms. The van der Waals surface area contributed by atoms with Crippen LogP contribution in [0.3, 0.4) is 0 Å². The van der Waals surface area contributed by atoms with Crippen LogP contribution in [0.1, 0.15) is 22.8 Å². The van der Waals surface area contributed by atoms with Gasteiger partial charge < -0.3 is 19.5 Å². The maximum absolute atomic E-state index is 12.7. The summed E-state index contributed by atoms with van der Waals surface area (Å²) in [7, 11) is 4.53. The average molecular weight is 419 g/mol. The molecule has 0 spiro atoms. The Bertz CT molecular complexity index is 1040. The lowest BCUT2D eigenvalue weighted by molar-refractivity contribution is 0.102. The van der Waals surface area contributed by atoms with Gasteiger partial charge in [-0.05, 0) is 48.9 Å². The van der Waals surface area contributed by atoms with Crippen LogP contribution in [0.5, 0.6) is 17.2 Å². The van der Waals surface area contributed by atoms with Crippen LogP contribution in [0.2, 0.25) is 0 Å². The summed E-state index contributed by atoms with van der Waals surface area (Å²) in [4.78, 5) is 12.7. The van der Waals surface area contributed by atoms with Crippen molar-refractivity contribution in [3.63, 3.8) is 0 Å². The normalized spacial score (nSPS) is 10.9. The van der Waals surface area contributed by atoms with Crippen LogP contribution in [0.4, 0.5) is 11.4 Å². The quantitative estimate of drug-likeness (QED) is 0.405. The molecule has 160 valence electrons. The summed E-state index contributed by atoms with van der Waals surface area (Å²) in [5.41, 5.74) is 6.75. The van der Waals surface area contributed by atoms with Crippen LogP contribution >= 0.6 is 0 Å². The Morgan fingerprint density at radius 2 is 1.39 bits per heavy atom. The monoisotopic (exact) mass is 419 g/mol. The third-order valence-corrected chi connectivity index (χ3v) is 4.61. The molecule has 1 amide bonds. The number of nitrogens with zero attached hydrogens (tertiary/aromatic N) is 1. The molecule has 0 atom stereocenters. The zero-order valence-electron chi connectivity index (χ0n) is 17.9. The van der Waals surface area contributed by atoms with Crippen LogP contribution in [0.15, 0.2) is 71.8 Å². The molecule has 7 nitrogen and oxygen atoms in total. The number of rotatable bonds is 8. The second kappa shape index (κ2) is 10.2. The Hall–Kier alpha value is -4.00. The maximum Gasteiger partial charge on any atom is 0.255 e. The van der Waals surface area contributed by atoms with Gasteiger partial charge in [-0.25, -0.2) is 0 Å². The Labute approximate surface area is 181 Å². The van der Waals surface area contributed by atoms with Gasteiger partial charge in [-0.15, -0.1) is 0 Å². The van der Waals surface area contributed by atoms with Crippen LogP contribution in [0.25, 0.3) is 0 Å². The van der Waals surface area contributed by atoms with Gasteiger partial charge in [0.15, 0.2) is 11.5 Å². The van der Waals surface area contributed by atoms with Gasteiger partial charge in [0.1, 0.15) is 0 Å². The summed E-state index contributed by atoms with van der Waals surface area (Å²) in [6.45, 7) is 1.92. The average Bonchev–Trinajstić information content (AvgIpc) is 2.82. The molecule has 7 heteroatoms. The Kier molecular flexibility index (Phi) is 7.11. The van der Waals surface area contributed by atoms with E-state index >= 15 is 0 Å². The molecule has 0 heterocycles. The number of anilines is 2. The molecule has 31 heavy (non-hydrogen) atoms. The Morgan fingerprint density at radius 1 is 0.774 bits per heavy atom. The molecule has 3 aromatic carbocycles. The molecule has 0 radical (unpaired) electrons. The summed E-state index contributed by atoms with van der Waals surface area (Å²) in [5.74, 6) is 0.980. The fourth-order valence-corrected chi connectivity index (χ4v) is 2.94. The highest BCUT2D eigenvalue weighted by atomic mass is 16.5. The molecule has 3 aromatic rings. The lowest BCUT2D eigenvalue weighted by atomic mass is 10.1. The number of carbonyl (C=O) groups is 1. The number of benzene rings is 3. The number of para-hydroxylation sites is 1. The van der Waals surface area contributed by atoms with Crippen molar-refractivity contribution in [1.82, 2.24) is 0 Å². The number of ether oxygens (including phenoxy) is 3. The van der Waals surface area contributed by atoms with Gasteiger partial charge in [-0.1, -0.05) is 30.3 Å². The highest BCUT2D eigenvalue weighted by molar-refractivity contribution is 6.05. The predicted molar refractivity (Wildman–Crippen MR) is 123 cm³/mol. The maximum atomic E-state index is 12.7. The van der Waals surface area contributed by atoms with E-state index in [1.54, 1.807) is 12.1 Å². The Balaban J connectivity index is 1.71. The van der Waals surface area contributed by atoms with E-state index in [0.717, 1.165) is 17.0 Å².